The summed E-state index contributed by atoms with van der Waals surface area (Å²) in [5.41, 5.74) is 3.88. The first-order valence-corrected chi connectivity index (χ1v) is 8.18. The third kappa shape index (κ3) is 3.55. The molecule has 19 heavy (non-hydrogen) atoms. The number of halogens is 1. The van der Waals surface area contributed by atoms with E-state index in [0.717, 1.165) is 17.8 Å². The third-order valence-corrected chi connectivity index (χ3v) is 4.80. The van der Waals surface area contributed by atoms with Crippen LogP contribution in [0.5, 0.6) is 0 Å². The van der Waals surface area contributed by atoms with Crippen LogP contribution in [-0.2, 0) is 6.54 Å². The highest BCUT2D eigenvalue weighted by Gasteiger charge is 2.10. The van der Waals surface area contributed by atoms with E-state index in [1.54, 1.807) is 17.4 Å². The summed E-state index contributed by atoms with van der Waals surface area (Å²) >= 11 is 3.07. The Morgan fingerprint density at radius 3 is 2.84 bits per heavy atom. The smallest absolute Gasteiger partial charge is 0.137 e. The summed E-state index contributed by atoms with van der Waals surface area (Å²) in [5, 5.41) is 3.40. The number of nitrogens with zero attached hydrogens (tertiary/aromatic N) is 1. The van der Waals surface area contributed by atoms with Crippen LogP contribution in [0.1, 0.15) is 29.1 Å². The molecule has 0 fully saturated rings. The van der Waals surface area contributed by atoms with Gasteiger partial charge in [0.25, 0.3) is 0 Å². The molecule has 1 aromatic carbocycles. The zero-order valence-electron chi connectivity index (χ0n) is 11.2. The molecular weight excluding hydrogens is 279 g/mol. The maximum atomic E-state index is 13.7. The number of aromatic nitrogens is 1. The van der Waals surface area contributed by atoms with Crippen LogP contribution in [0.3, 0.4) is 0 Å². The predicted molar refractivity (Wildman–Crippen MR) is 80.3 cm³/mol. The summed E-state index contributed by atoms with van der Waals surface area (Å²) in [7, 11) is 0. The van der Waals surface area contributed by atoms with Crippen molar-refractivity contribution in [2.45, 2.75) is 31.3 Å². The van der Waals surface area contributed by atoms with E-state index in [9.17, 15) is 4.39 Å². The van der Waals surface area contributed by atoms with Crippen LogP contribution in [0.4, 0.5) is 4.39 Å². The van der Waals surface area contributed by atoms with Gasteiger partial charge < -0.3 is 5.32 Å². The first-order valence-electron chi connectivity index (χ1n) is 6.07. The Hall–Kier alpha value is -0.910. The van der Waals surface area contributed by atoms with Gasteiger partial charge in [-0.25, -0.2) is 9.37 Å². The van der Waals surface area contributed by atoms with Crippen molar-refractivity contribution in [3.05, 3.63) is 45.7 Å². The van der Waals surface area contributed by atoms with Crippen LogP contribution in [-0.4, -0.2) is 11.2 Å². The molecule has 0 unspecified atom stereocenters. The van der Waals surface area contributed by atoms with Crippen LogP contribution in [0, 0.1) is 12.7 Å². The molecule has 1 aromatic heterocycles. The van der Waals surface area contributed by atoms with Gasteiger partial charge in [0.15, 0.2) is 0 Å². The largest absolute Gasteiger partial charge is 0.305 e. The summed E-state index contributed by atoms with van der Waals surface area (Å²) in [4.78, 5) is 6.14. The second kappa shape index (κ2) is 6.50. The molecule has 2 aromatic rings. The number of nitrogens with one attached hydrogen (secondary N) is 1. The molecule has 0 aliphatic heterocycles. The van der Waals surface area contributed by atoms with Gasteiger partial charge in [-0.1, -0.05) is 6.07 Å². The van der Waals surface area contributed by atoms with E-state index in [0.29, 0.717) is 4.90 Å². The molecule has 0 spiro atoms. The number of aryl methyl sites for hydroxylation is 1. The van der Waals surface area contributed by atoms with E-state index < -0.39 is 0 Å². The molecule has 0 aliphatic rings. The number of thiazole rings is 1. The van der Waals surface area contributed by atoms with Crippen LogP contribution in [0.25, 0.3) is 0 Å². The van der Waals surface area contributed by atoms with Crippen molar-refractivity contribution in [2.24, 2.45) is 0 Å². The molecule has 0 aliphatic carbocycles. The van der Waals surface area contributed by atoms with E-state index in [1.807, 2.05) is 37.7 Å². The van der Waals surface area contributed by atoms with E-state index in [4.69, 9.17) is 0 Å². The molecule has 0 amide bonds. The van der Waals surface area contributed by atoms with Gasteiger partial charge in [0.2, 0.25) is 0 Å². The summed E-state index contributed by atoms with van der Waals surface area (Å²) < 4.78 is 13.7. The van der Waals surface area contributed by atoms with Crippen molar-refractivity contribution >= 4 is 23.1 Å². The lowest BCUT2D eigenvalue weighted by molar-refractivity contribution is 0.560. The van der Waals surface area contributed by atoms with Crippen molar-refractivity contribution in [3.63, 3.8) is 0 Å². The van der Waals surface area contributed by atoms with Crippen molar-refractivity contribution in [1.82, 2.24) is 10.3 Å². The van der Waals surface area contributed by atoms with Crippen molar-refractivity contribution in [1.29, 1.82) is 0 Å². The minimum Gasteiger partial charge on any atom is -0.305 e. The van der Waals surface area contributed by atoms with E-state index in [2.05, 4.69) is 10.3 Å². The highest BCUT2D eigenvalue weighted by Crippen LogP contribution is 2.23. The quantitative estimate of drug-likeness (QED) is 0.839. The normalized spacial score (nSPS) is 12.6. The number of benzene rings is 1. The third-order valence-electron chi connectivity index (χ3n) is 3.09. The lowest BCUT2D eigenvalue weighted by atomic mass is 10.1. The van der Waals surface area contributed by atoms with E-state index in [-0.39, 0.29) is 11.9 Å². The molecule has 1 heterocycles. The zero-order valence-corrected chi connectivity index (χ0v) is 12.9. The van der Waals surface area contributed by atoms with E-state index in [1.165, 1.54) is 16.6 Å². The Bertz CT molecular complexity index is 554. The van der Waals surface area contributed by atoms with Crippen LogP contribution < -0.4 is 5.32 Å². The average Bonchev–Trinajstić information content (AvgIpc) is 2.81. The minimum atomic E-state index is -0.146. The van der Waals surface area contributed by atoms with Gasteiger partial charge in [0, 0.05) is 22.4 Å². The lowest BCUT2D eigenvalue weighted by Gasteiger charge is -2.14. The Morgan fingerprint density at radius 1 is 1.47 bits per heavy atom. The van der Waals surface area contributed by atoms with Crippen LogP contribution >= 0.6 is 23.1 Å². The Labute approximate surface area is 121 Å². The molecule has 102 valence electrons. The fourth-order valence-corrected chi connectivity index (χ4v) is 3.00. The zero-order chi connectivity index (χ0) is 13.8. The van der Waals surface area contributed by atoms with Crippen LogP contribution in [0.15, 0.2) is 28.6 Å². The number of hydrogen-bond donors (Lipinski definition) is 1. The lowest BCUT2D eigenvalue weighted by Crippen LogP contribution is -2.18. The summed E-state index contributed by atoms with van der Waals surface area (Å²) in [6, 6.07) is 5.55. The standard InChI is InChI=1S/C14H17FN2S2/c1-9(16-7-14-10(2)17-8-19-14)11-4-5-13(18-3)12(15)6-11/h4-6,8-9,16H,7H2,1-3H3/t9-/m1/s1. The molecular formula is C14H17FN2S2. The van der Waals surface area contributed by atoms with Crippen molar-refractivity contribution in [2.75, 3.05) is 6.26 Å². The number of rotatable bonds is 5. The first-order chi connectivity index (χ1) is 9.11. The fraction of sp³-hybridized carbons (Fsp3) is 0.357. The molecule has 2 nitrogen and oxygen atoms in total. The maximum absolute atomic E-state index is 13.7. The van der Waals surface area contributed by atoms with Gasteiger partial charge in [-0.2, -0.15) is 0 Å². The number of hydrogen-bond acceptors (Lipinski definition) is 4. The second-order valence-corrected chi connectivity index (χ2v) is 6.14. The topological polar surface area (TPSA) is 24.9 Å². The van der Waals surface area contributed by atoms with Gasteiger partial charge in [0.05, 0.1) is 11.2 Å². The monoisotopic (exact) mass is 296 g/mol. The van der Waals surface area contributed by atoms with Gasteiger partial charge in [-0.3, -0.25) is 0 Å². The highest BCUT2D eigenvalue weighted by molar-refractivity contribution is 7.98. The highest BCUT2D eigenvalue weighted by atomic mass is 32.2. The minimum absolute atomic E-state index is 0.118. The van der Waals surface area contributed by atoms with Gasteiger partial charge in [-0.05, 0) is 37.8 Å². The summed E-state index contributed by atoms with van der Waals surface area (Å²) in [6.07, 6.45) is 1.88. The molecule has 2 rings (SSSR count). The van der Waals surface area contributed by atoms with E-state index >= 15 is 0 Å². The molecule has 0 saturated heterocycles. The number of thioether (sulfide) groups is 1. The van der Waals surface area contributed by atoms with Crippen molar-refractivity contribution < 1.29 is 4.39 Å². The predicted octanol–water partition coefficient (Wildman–Crippen LogP) is 4.16. The van der Waals surface area contributed by atoms with Gasteiger partial charge >= 0.3 is 0 Å². The Balaban J connectivity index is 2.02. The second-order valence-electron chi connectivity index (χ2n) is 4.36. The molecule has 0 radical (unpaired) electrons. The molecule has 0 saturated carbocycles. The van der Waals surface area contributed by atoms with Crippen LogP contribution in [0.2, 0.25) is 0 Å². The molecule has 1 N–H and O–H groups in total. The summed E-state index contributed by atoms with van der Waals surface area (Å²) in [5.74, 6) is -0.146. The Morgan fingerprint density at radius 2 is 2.26 bits per heavy atom. The van der Waals surface area contributed by atoms with Gasteiger partial charge in [-0.15, -0.1) is 23.1 Å². The Kier molecular flexibility index (Phi) is 4.96. The molecule has 0 bridgehead atoms. The summed E-state index contributed by atoms with van der Waals surface area (Å²) in [6.45, 7) is 4.82. The first kappa shape index (κ1) is 14.5. The van der Waals surface area contributed by atoms with Crippen molar-refractivity contribution in [3.8, 4) is 0 Å². The average molecular weight is 296 g/mol. The fourth-order valence-electron chi connectivity index (χ4n) is 1.81. The SMILES string of the molecule is CSc1ccc([C@@H](C)NCc2scnc2C)cc1F. The van der Waals surface area contributed by atoms with Gasteiger partial charge in [0.1, 0.15) is 5.82 Å². The molecule has 1 atom stereocenters. The maximum Gasteiger partial charge on any atom is 0.137 e. The molecule has 5 heteroatoms.